The van der Waals surface area contributed by atoms with Gasteiger partial charge in [0.15, 0.2) is 5.82 Å². The van der Waals surface area contributed by atoms with Crippen molar-refractivity contribution < 1.29 is 27.1 Å². The van der Waals surface area contributed by atoms with Crippen LogP contribution in [0.4, 0.5) is 28.9 Å². The van der Waals surface area contributed by atoms with E-state index in [1.807, 2.05) is 11.8 Å². The number of nitrogens with one attached hydrogen (secondary N) is 1. The molecule has 1 aliphatic heterocycles. The number of benzene rings is 2. The lowest BCUT2D eigenvalue weighted by molar-refractivity contribution is -0.137. The zero-order valence-electron chi connectivity index (χ0n) is 22.1. The molecular formula is C29H26F4N6O2. The molecule has 0 radical (unpaired) electrons. The van der Waals surface area contributed by atoms with E-state index in [-0.39, 0.29) is 17.3 Å². The monoisotopic (exact) mass is 566 g/mol. The number of halogens is 4. The molecule has 2 aromatic heterocycles. The Morgan fingerprint density at radius 3 is 2.59 bits per heavy atom. The Balaban J connectivity index is 1.44. The molecule has 12 heteroatoms. The molecule has 1 N–H and O–H groups in total. The third kappa shape index (κ3) is 6.42. The number of carbonyl (C=O) groups is 1. The summed E-state index contributed by atoms with van der Waals surface area (Å²) in [6.07, 6.45) is 1.62. The molecule has 3 heterocycles. The number of anilines is 2. The maximum atomic E-state index is 14.9. The largest absolute Gasteiger partial charge is 0.438 e. The Morgan fingerprint density at radius 2 is 1.83 bits per heavy atom. The number of nitrogens with zero attached hydrogens (tertiary/aromatic N) is 5. The summed E-state index contributed by atoms with van der Waals surface area (Å²) < 4.78 is 61.3. The highest BCUT2D eigenvalue weighted by Gasteiger charge is 2.32. The highest BCUT2D eigenvalue weighted by atomic mass is 19.4. The molecule has 1 saturated heterocycles. The van der Waals surface area contributed by atoms with Crippen molar-refractivity contribution in [2.24, 2.45) is 0 Å². The number of aryl methyl sites for hydroxylation is 1. The standard InChI is InChI=1S/C29H26F4N6O2/c1-2-25-35-17-36-26(38-25)20-7-6-12-34-28(20)41-19-9-10-22(30)21(16-19)27(40)37-23-15-18(29(31,32)33)8-11-24(23)39-13-4-3-5-14-39/h6-12,15-17H,2-5,13-14H2,1H3,(H,37,40). The van der Waals surface area contributed by atoms with Crippen LogP contribution in [0, 0.1) is 5.82 Å². The predicted molar refractivity (Wildman–Crippen MR) is 144 cm³/mol. The van der Waals surface area contributed by atoms with E-state index in [1.54, 1.807) is 12.1 Å². The summed E-state index contributed by atoms with van der Waals surface area (Å²) in [7, 11) is 0. The smallest absolute Gasteiger partial charge is 0.416 e. The number of pyridine rings is 1. The fourth-order valence-corrected chi connectivity index (χ4v) is 4.54. The molecule has 5 rings (SSSR count). The molecule has 2 aromatic carbocycles. The molecule has 0 bridgehead atoms. The lowest BCUT2D eigenvalue weighted by atomic mass is 10.1. The van der Waals surface area contributed by atoms with Gasteiger partial charge < -0.3 is 15.0 Å². The van der Waals surface area contributed by atoms with Crippen LogP contribution >= 0.6 is 0 Å². The van der Waals surface area contributed by atoms with Gasteiger partial charge in [0.2, 0.25) is 5.88 Å². The van der Waals surface area contributed by atoms with Gasteiger partial charge in [-0.15, -0.1) is 0 Å². The zero-order valence-corrected chi connectivity index (χ0v) is 22.1. The van der Waals surface area contributed by atoms with E-state index in [0.29, 0.717) is 42.4 Å². The quantitative estimate of drug-likeness (QED) is 0.249. The Morgan fingerprint density at radius 1 is 1.02 bits per heavy atom. The Labute approximate surface area is 233 Å². The van der Waals surface area contributed by atoms with Gasteiger partial charge in [-0.1, -0.05) is 6.92 Å². The van der Waals surface area contributed by atoms with Crippen LogP contribution in [0.5, 0.6) is 11.6 Å². The van der Waals surface area contributed by atoms with Crippen LogP contribution in [-0.4, -0.2) is 38.9 Å². The number of ether oxygens (including phenoxy) is 1. The third-order valence-electron chi connectivity index (χ3n) is 6.62. The molecule has 212 valence electrons. The van der Waals surface area contributed by atoms with Gasteiger partial charge in [0.25, 0.3) is 5.91 Å². The molecule has 8 nitrogen and oxygen atoms in total. The van der Waals surface area contributed by atoms with Gasteiger partial charge in [0.1, 0.15) is 23.7 Å². The summed E-state index contributed by atoms with van der Waals surface area (Å²) in [5, 5.41) is 2.50. The fourth-order valence-electron chi connectivity index (χ4n) is 4.54. The van der Waals surface area contributed by atoms with Crippen molar-refractivity contribution in [2.45, 2.75) is 38.8 Å². The highest BCUT2D eigenvalue weighted by molar-refractivity contribution is 6.06. The van der Waals surface area contributed by atoms with E-state index in [2.05, 4.69) is 25.3 Å². The van der Waals surface area contributed by atoms with Crippen LogP contribution in [0.3, 0.4) is 0 Å². The number of aromatic nitrogens is 4. The lowest BCUT2D eigenvalue weighted by Gasteiger charge is -2.31. The SMILES string of the molecule is CCc1ncnc(-c2cccnc2Oc2ccc(F)c(C(=O)Nc3cc(C(F)(F)F)ccc3N3CCCCC3)c2)n1. The van der Waals surface area contributed by atoms with Crippen LogP contribution in [-0.2, 0) is 12.6 Å². The van der Waals surface area contributed by atoms with E-state index < -0.39 is 29.0 Å². The summed E-state index contributed by atoms with van der Waals surface area (Å²) in [5.74, 6) is -0.686. The molecular weight excluding hydrogens is 540 g/mol. The van der Waals surface area contributed by atoms with E-state index in [9.17, 15) is 22.4 Å². The molecule has 41 heavy (non-hydrogen) atoms. The van der Waals surface area contributed by atoms with Crippen molar-refractivity contribution in [1.29, 1.82) is 0 Å². The Hall–Kier alpha value is -4.61. The normalized spacial score (nSPS) is 13.6. The summed E-state index contributed by atoms with van der Waals surface area (Å²) >= 11 is 0. The second-order valence-electron chi connectivity index (χ2n) is 9.41. The van der Waals surface area contributed by atoms with Crippen molar-refractivity contribution in [3.8, 4) is 23.0 Å². The predicted octanol–water partition coefficient (Wildman–Crippen LogP) is 6.69. The lowest BCUT2D eigenvalue weighted by Crippen LogP contribution is -2.30. The highest BCUT2D eigenvalue weighted by Crippen LogP contribution is 2.37. The average molecular weight is 567 g/mol. The molecule has 0 aliphatic carbocycles. The zero-order chi connectivity index (χ0) is 29.0. The second-order valence-corrected chi connectivity index (χ2v) is 9.41. The topological polar surface area (TPSA) is 93.1 Å². The summed E-state index contributed by atoms with van der Waals surface area (Å²) in [6, 6.07) is 10.1. The van der Waals surface area contributed by atoms with Gasteiger partial charge in [-0.05, 0) is 67.8 Å². The van der Waals surface area contributed by atoms with E-state index in [0.717, 1.165) is 37.5 Å². The Kier molecular flexibility index (Phi) is 8.09. The molecule has 0 unspecified atom stereocenters. The summed E-state index contributed by atoms with van der Waals surface area (Å²) in [6.45, 7) is 3.18. The van der Waals surface area contributed by atoms with Gasteiger partial charge in [0.05, 0.1) is 28.1 Å². The second kappa shape index (κ2) is 11.9. The van der Waals surface area contributed by atoms with E-state index in [4.69, 9.17) is 4.74 Å². The van der Waals surface area contributed by atoms with Crippen LogP contribution in [0.2, 0.25) is 0 Å². The average Bonchev–Trinajstić information content (AvgIpc) is 2.98. The maximum Gasteiger partial charge on any atom is 0.416 e. The van der Waals surface area contributed by atoms with Crippen LogP contribution in [0.1, 0.15) is 47.9 Å². The van der Waals surface area contributed by atoms with Crippen LogP contribution < -0.4 is 15.0 Å². The first-order valence-electron chi connectivity index (χ1n) is 13.1. The van der Waals surface area contributed by atoms with Crippen molar-refractivity contribution in [1.82, 2.24) is 19.9 Å². The first kappa shape index (κ1) is 27.9. The molecule has 0 saturated carbocycles. The van der Waals surface area contributed by atoms with Gasteiger partial charge in [-0.2, -0.15) is 13.2 Å². The maximum absolute atomic E-state index is 14.9. The molecule has 0 atom stereocenters. The first-order chi connectivity index (χ1) is 19.7. The van der Waals surface area contributed by atoms with Crippen molar-refractivity contribution in [3.05, 3.63) is 83.8 Å². The van der Waals surface area contributed by atoms with E-state index >= 15 is 0 Å². The minimum atomic E-state index is -4.62. The third-order valence-corrected chi connectivity index (χ3v) is 6.62. The number of carbonyl (C=O) groups excluding carboxylic acids is 1. The molecule has 1 aliphatic rings. The number of piperidine rings is 1. The minimum absolute atomic E-state index is 0.0500. The van der Waals surface area contributed by atoms with Gasteiger partial charge in [-0.25, -0.2) is 24.3 Å². The summed E-state index contributed by atoms with van der Waals surface area (Å²) in [5.41, 5.74) is -0.476. The van der Waals surface area contributed by atoms with Gasteiger partial charge >= 0.3 is 6.18 Å². The molecule has 1 amide bonds. The number of alkyl halides is 3. The van der Waals surface area contributed by atoms with Crippen LogP contribution in [0.15, 0.2) is 61.1 Å². The molecule has 0 spiro atoms. The molecule has 4 aromatic rings. The fraction of sp³-hybridized carbons (Fsp3) is 0.276. The first-order valence-corrected chi connectivity index (χ1v) is 13.1. The summed E-state index contributed by atoms with van der Waals surface area (Å²) in [4.78, 5) is 32.1. The van der Waals surface area contributed by atoms with Crippen molar-refractivity contribution in [2.75, 3.05) is 23.3 Å². The number of amides is 1. The number of hydrogen-bond acceptors (Lipinski definition) is 7. The number of rotatable bonds is 7. The number of hydrogen-bond donors (Lipinski definition) is 1. The minimum Gasteiger partial charge on any atom is -0.438 e. The van der Waals surface area contributed by atoms with Gasteiger partial charge in [0, 0.05) is 25.7 Å². The van der Waals surface area contributed by atoms with Gasteiger partial charge in [-0.3, -0.25) is 4.79 Å². The molecule has 1 fully saturated rings. The Bertz CT molecular complexity index is 1560. The van der Waals surface area contributed by atoms with Crippen LogP contribution in [0.25, 0.3) is 11.4 Å². The van der Waals surface area contributed by atoms with Crippen molar-refractivity contribution in [3.63, 3.8) is 0 Å². The van der Waals surface area contributed by atoms with Crippen molar-refractivity contribution >= 4 is 17.3 Å². The van der Waals surface area contributed by atoms with E-state index in [1.165, 1.54) is 30.7 Å².